The van der Waals surface area contributed by atoms with Crippen LogP contribution in [0.25, 0.3) is 11.6 Å². The number of imide groups is 3. The van der Waals surface area contributed by atoms with Gasteiger partial charge in [0.05, 0.1) is 49.0 Å². The third-order valence-electron chi connectivity index (χ3n) is 11.2. The third kappa shape index (κ3) is 7.20. The molecule has 2 saturated heterocycles. The number of amides is 3. The summed E-state index contributed by atoms with van der Waals surface area (Å²) in [5.41, 5.74) is 4.33. The number of methoxy groups -OCH3 is 1. The van der Waals surface area contributed by atoms with Crippen LogP contribution in [0, 0.1) is 17.8 Å². The molecule has 7 rings (SSSR count). The first-order valence-electron chi connectivity index (χ1n) is 18.6. The lowest BCUT2D eigenvalue weighted by Gasteiger charge is -2.44. The van der Waals surface area contributed by atoms with Gasteiger partial charge >= 0.3 is 6.09 Å². The topological polar surface area (TPSA) is 115 Å². The average Bonchev–Trinajstić information content (AvgIpc) is 3.72. The molecule has 4 aromatic rings. The molecular formula is C44H45ClN2O7Si. The number of rotatable bonds is 10. The highest BCUT2D eigenvalue weighted by Crippen LogP contribution is 2.51. The third-order valence-corrected chi connectivity index (χ3v) is 16.5. The summed E-state index contributed by atoms with van der Waals surface area (Å²) in [4.78, 5) is 45.8. The summed E-state index contributed by atoms with van der Waals surface area (Å²) in [6, 6.07) is 31.3. The molecule has 0 spiro atoms. The molecule has 284 valence electrons. The summed E-state index contributed by atoms with van der Waals surface area (Å²) in [5, 5.41) is 12.4. The maximum absolute atomic E-state index is 13.9. The minimum Gasteiger partial charge on any atom is -0.508 e. The van der Waals surface area contributed by atoms with Gasteiger partial charge in [-0.3, -0.25) is 14.6 Å². The van der Waals surface area contributed by atoms with Gasteiger partial charge in [0.2, 0.25) is 11.8 Å². The smallest absolute Gasteiger partial charge is 0.423 e. The molecule has 0 unspecified atom stereocenters. The van der Waals surface area contributed by atoms with Crippen molar-refractivity contribution in [3.8, 4) is 5.75 Å². The predicted octanol–water partition coefficient (Wildman–Crippen LogP) is 7.42. The highest BCUT2D eigenvalue weighted by molar-refractivity contribution is 6.99. The van der Waals surface area contributed by atoms with Crippen molar-refractivity contribution in [2.75, 3.05) is 20.3 Å². The summed E-state index contributed by atoms with van der Waals surface area (Å²) >= 11 is 6.55. The standard InChI is InChI=1S/C44H45ClN2O7Si/c1-44(2,3)55(32-13-7-5-8-14-32,33-15-9-6-10-16-33)54-26-30-24-34-40(42(50)47(41(34)49)43(51)52-4)35-27-53-38(39(30)35)21-19-29(37-17-11-12-22-46-37)23-28-18-20-31(48)25-36(28)45/h5-18,20,22-23,25,34-35,38,40,48H,19,21,24,26-27H2,1-4H3/b29-23-/t34-,35+,38-,40-/m1/s1. The number of carbonyl (C=O) groups excluding carboxylic acids is 3. The number of hydrogen-bond acceptors (Lipinski definition) is 8. The molecule has 0 saturated carbocycles. The number of hydrogen-bond donors (Lipinski definition) is 1. The number of carbonyl (C=O) groups is 3. The summed E-state index contributed by atoms with van der Waals surface area (Å²) in [7, 11) is -1.82. The van der Waals surface area contributed by atoms with Gasteiger partial charge in [0.1, 0.15) is 5.75 Å². The zero-order valence-electron chi connectivity index (χ0n) is 31.4. The largest absolute Gasteiger partial charge is 0.508 e. The first-order valence-corrected chi connectivity index (χ1v) is 20.9. The molecule has 1 N–H and O–H groups in total. The zero-order chi connectivity index (χ0) is 38.9. The SMILES string of the molecule is COC(=O)N1C(=O)[C@@H]2[C@@H](CC(CO[Si](c3ccccc3)(c3ccccc3)C(C)(C)C)=C3[C@@H](CC/C(=C/c4ccc(O)cc4Cl)c4ccccn4)OC[C@@H]32)C1=O. The molecule has 9 nitrogen and oxygen atoms in total. The zero-order valence-corrected chi connectivity index (χ0v) is 33.2. The molecule has 0 radical (unpaired) electrons. The molecule has 3 heterocycles. The molecule has 55 heavy (non-hydrogen) atoms. The molecule has 3 aromatic carbocycles. The molecular weight excluding hydrogens is 732 g/mol. The Morgan fingerprint density at radius 1 is 0.964 bits per heavy atom. The first-order chi connectivity index (χ1) is 26.4. The van der Waals surface area contributed by atoms with Gasteiger partial charge in [-0.25, -0.2) is 4.79 Å². The van der Waals surface area contributed by atoms with E-state index in [2.05, 4.69) is 50.0 Å². The molecule has 3 amide bonds. The van der Waals surface area contributed by atoms with Crippen molar-refractivity contribution >= 4 is 59.8 Å². The van der Waals surface area contributed by atoms with Gasteiger partial charge in [0, 0.05) is 12.1 Å². The second-order valence-electron chi connectivity index (χ2n) is 15.4. The number of phenols is 1. The van der Waals surface area contributed by atoms with E-state index in [1.807, 2.05) is 60.7 Å². The van der Waals surface area contributed by atoms with Crippen LogP contribution in [0.2, 0.25) is 10.1 Å². The number of benzene rings is 3. The highest BCUT2D eigenvalue weighted by atomic mass is 35.5. The lowest BCUT2D eigenvalue weighted by atomic mass is 9.69. The summed E-state index contributed by atoms with van der Waals surface area (Å²) in [6.07, 6.45) is 3.72. The second-order valence-corrected chi connectivity index (χ2v) is 20.1. The monoisotopic (exact) mass is 776 g/mol. The minimum absolute atomic E-state index is 0.0768. The van der Waals surface area contributed by atoms with E-state index < -0.39 is 44.0 Å². The van der Waals surface area contributed by atoms with E-state index in [0.29, 0.717) is 22.8 Å². The molecule has 3 aliphatic rings. The fourth-order valence-corrected chi connectivity index (χ4v) is 13.5. The lowest BCUT2D eigenvalue weighted by Crippen LogP contribution is -2.66. The van der Waals surface area contributed by atoms with Crippen molar-refractivity contribution in [1.29, 1.82) is 0 Å². The number of ether oxygens (including phenoxy) is 2. The second kappa shape index (κ2) is 15.7. The molecule has 4 atom stereocenters. The van der Waals surface area contributed by atoms with Crippen molar-refractivity contribution in [2.24, 2.45) is 17.8 Å². The summed E-state index contributed by atoms with van der Waals surface area (Å²) < 4.78 is 18.9. The van der Waals surface area contributed by atoms with Crippen LogP contribution in [0.5, 0.6) is 5.75 Å². The Kier molecular flexibility index (Phi) is 11.0. The van der Waals surface area contributed by atoms with Crippen LogP contribution in [0.15, 0.2) is 114 Å². The number of nitrogens with zero attached hydrogens (tertiary/aromatic N) is 2. The maximum atomic E-state index is 13.9. The number of aromatic nitrogens is 1. The Balaban J connectivity index is 1.29. The van der Waals surface area contributed by atoms with Crippen molar-refractivity contribution in [1.82, 2.24) is 9.88 Å². The van der Waals surface area contributed by atoms with Crippen LogP contribution in [-0.4, -0.2) is 67.6 Å². The van der Waals surface area contributed by atoms with Crippen molar-refractivity contribution in [2.45, 2.75) is 51.2 Å². The number of halogens is 1. The van der Waals surface area contributed by atoms with Crippen molar-refractivity contribution < 1.29 is 33.4 Å². The van der Waals surface area contributed by atoms with E-state index in [1.165, 1.54) is 13.2 Å². The van der Waals surface area contributed by atoms with E-state index in [0.717, 1.165) is 38.4 Å². The normalized spacial score (nSPS) is 21.5. The maximum Gasteiger partial charge on any atom is 0.423 e. The van der Waals surface area contributed by atoms with Crippen LogP contribution in [0.1, 0.15) is 51.3 Å². The van der Waals surface area contributed by atoms with Crippen molar-refractivity contribution in [3.63, 3.8) is 0 Å². The minimum atomic E-state index is -2.99. The van der Waals surface area contributed by atoms with Crippen LogP contribution in [0.4, 0.5) is 4.79 Å². The Morgan fingerprint density at radius 2 is 1.64 bits per heavy atom. The van der Waals surface area contributed by atoms with Crippen LogP contribution in [-0.2, 0) is 23.5 Å². The highest BCUT2D eigenvalue weighted by Gasteiger charge is 2.59. The fourth-order valence-electron chi connectivity index (χ4n) is 8.77. The summed E-state index contributed by atoms with van der Waals surface area (Å²) in [6.45, 7) is 7.12. The van der Waals surface area contributed by atoms with Gasteiger partial charge in [-0.05, 0) is 93.4 Å². The number of aromatic hydroxyl groups is 1. The molecule has 2 aliphatic heterocycles. The van der Waals surface area contributed by atoms with Gasteiger partial charge in [-0.1, -0.05) is 99.1 Å². The van der Waals surface area contributed by atoms with E-state index in [4.69, 9.17) is 25.5 Å². The lowest BCUT2D eigenvalue weighted by molar-refractivity contribution is -0.137. The van der Waals surface area contributed by atoms with Gasteiger partial charge in [-0.15, -0.1) is 0 Å². The average molecular weight is 777 g/mol. The molecule has 11 heteroatoms. The Labute approximate surface area is 327 Å². The summed E-state index contributed by atoms with van der Waals surface area (Å²) in [5.74, 6) is -2.91. The van der Waals surface area contributed by atoms with Crippen LogP contribution >= 0.6 is 11.6 Å². The number of fused-ring (bicyclic) bond motifs is 3. The van der Waals surface area contributed by atoms with Gasteiger partial charge in [0.25, 0.3) is 8.32 Å². The molecule has 1 aromatic heterocycles. The Hall–Kier alpha value is -4.87. The predicted molar refractivity (Wildman–Crippen MR) is 214 cm³/mol. The number of phenolic OH excluding ortho intramolecular Hbond substituents is 1. The van der Waals surface area contributed by atoms with Gasteiger partial charge in [0.15, 0.2) is 0 Å². The molecule has 0 bridgehead atoms. The first kappa shape index (κ1) is 38.4. The van der Waals surface area contributed by atoms with Crippen LogP contribution < -0.4 is 10.4 Å². The van der Waals surface area contributed by atoms with Gasteiger partial charge in [-0.2, -0.15) is 4.90 Å². The number of pyridine rings is 1. The van der Waals surface area contributed by atoms with Gasteiger partial charge < -0.3 is 19.0 Å². The number of allylic oxidation sites excluding steroid dienone is 1. The van der Waals surface area contributed by atoms with Crippen LogP contribution in [0.3, 0.4) is 0 Å². The van der Waals surface area contributed by atoms with Crippen molar-refractivity contribution in [3.05, 3.63) is 131 Å². The quantitative estimate of drug-likeness (QED) is 0.101. The van der Waals surface area contributed by atoms with E-state index >= 15 is 0 Å². The van der Waals surface area contributed by atoms with E-state index in [-0.39, 0.29) is 36.5 Å². The van der Waals surface area contributed by atoms with E-state index in [9.17, 15) is 19.5 Å². The molecule has 2 fully saturated rings. The van der Waals surface area contributed by atoms with E-state index in [1.54, 1.807) is 18.3 Å². The molecule has 1 aliphatic carbocycles. The number of likely N-dealkylation sites (tertiary alicyclic amines) is 1. The fraction of sp³-hybridized carbons (Fsp3) is 0.318. The Bertz CT molecular complexity index is 2100. The Morgan fingerprint density at radius 3 is 2.24 bits per heavy atom.